The fourth-order valence-electron chi connectivity index (χ4n) is 1.06. The first-order valence-electron chi connectivity index (χ1n) is 4.17. The summed E-state index contributed by atoms with van der Waals surface area (Å²) in [7, 11) is 6.03. The van der Waals surface area contributed by atoms with E-state index in [-0.39, 0.29) is 5.31 Å². The van der Waals surface area contributed by atoms with Gasteiger partial charge in [-0.1, -0.05) is 38.4 Å². The maximum Gasteiger partial charge on any atom is 0.0746 e. The minimum atomic E-state index is 0.0549. The van der Waals surface area contributed by atoms with Crippen molar-refractivity contribution in [2.24, 2.45) is 5.73 Å². The summed E-state index contributed by atoms with van der Waals surface area (Å²) in [4.78, 5) is 0. The molecule has 0 aliphatic carbocycles. The van der Waals surface area contributed by atoms with Crippen molar-refractivity contribution >= 4 is 7.85 Å². The second kappa shape index (κ2) is 4.78. The fourth-order valence-corrected chi connectivity index (χ4v) is 1.06. The second-order valence-electron chi connectivity index (χ2n) is 2.96. The molecular formula is C8H18BN. The highest BCUT2D eigenvalue weighted by Crippen LogP contribution is 2.35. The standard InChI is InChI=1S/C8H18BN/c1-3-8(9,4-2)6-5-7-10/h3-7,10H2,1-2H3. The van der Waals surface area contributed by atoms with Gasteiger partial charge in [0, 0.05) is 0 Å². The van der Waals surface area contributed by atoms with Gasteiger partial charge in [-0.25, -0.2) is 0 Å². The Morgan fingerprint density at radius 3 is 2.10 bits per heavy atom. The SMILES string of the molecule is [B]C(CC)(CC)CCCN. The average Bonchev–Trinajstić information content (AvgIpc) is 2.00. The molecule has 0 aromatic heterocycles. The molecule has 2 heteroatoms. The predicted octanol–water partition coefficient (Wildman–Crippen LogP) is 1.87. The van der Waals surface area contributed by atoms with Crippen molar-refractivity contribution in [3.63, 3.8) is 0 Å². The molecule has 10 heavy (non-hydrogen) atoms. The number of hydrogen-bond acceptors (Lipinski definition) is 1. The fraction of sp³-hybridized carbons (Fsp3) is 1.00. The molecule has 0 amide bonds. The van der Waals surface area contributed by atoms with Crippen LogP contribution < -0.4 is 5.73 Å². The summed E-state index contributed by atoms with van der Waals surface area (Å²) in [5.41, 5.74) is 5.39. The van der Waals surface area contributed by atoms with Gasteiger partial charge in [0.15, 0.2) is 0 Å². The van der Waals surface area contributed by atoms with Gasteiger partial charge in [-0.05, 0) is 13.0 Å². The van der Waals surface area contributed by atoms with Crippen LogP contribution in [0.1, 0.15) is 39.5 Å². The van der Waals surface area contributed by atoms with Crippen LogP contribution in [0.25, 0.3) is 0 Å². The van der Waals surface area contributed by atoms with E-state index in [1.54, 1.807) is 0 Å². The van der Waals surface area contributed by atoms with Crippen LogP contribution in [0.3, 0.4) is 0 Å². The quantitative estimate of drug-likeness (QED) is 0.578. The second-order valence-corrected chi connectivity index (χ2v) is 2.96. The lowest BCUT2D eigenvalue weighted by Gasteiger charge is -2.26. The van der Waals surface area contributed by atoms with Gasteiger partial charge in [0.2, 0.25) is 0 Å². The van der Waals surface area contributed by atoms with Gasteiger partial charge in [0.1, 0.15) is 0 Å². The maximum absolute atomic E-state index is 6.03. The van der Waals surface area contributed by atoms with Gasteiger partial charge in [-0.15, -0.1) is 0 Å². The van der Waals surface area contributed by atoms with E-state index in [1.165, 1.54) is 0 Å². The zero-order chi connectivity index (χ0) is 8.04. The molecule has 0 atom stereocenters. The summed E-state index contributed by atoms with van der Waals surface area (Å²) in [6.07, 6.45) is 4.24. The average molecular weight is 139 g/mol. The zero-order valence-electron chi connectivity index (χ0n) is 7.19. The van der Waals surface area contributed by atoms with E-state index >= 15 is 0 Å². The third-order valence-corrected chi connectivity index (χ3v) is 2.29. The Labute approximate surface area is 65.8 Å². The highest BCUT2D eigenvalue weighted by Gasteiger charge is 2.17. The molecule has 0 saturated heterocycles. The largest absolute Gasteiger partial charge is 0.330 e. The van der Waals surface area contributed by atoms with Crippen LogP contribution in [-0.2, 0) is 0 Å². The van der Waals surface area contributed by atoms with Crippen LogP contribution in [0.5, 0.6) is 0 Å². The smallest absolute Gasteiger partial charge is 0.0746 e. The monoisotopic (exact) mass is 139 g/mol. The van der Waals surface area contributed by atoms with Gasteiger partial charge < -0.3 is 5.73 Å². The summed E-state index contributed by atoms with van der Waals surface area (Å²) < 4.78 is 0. The lowest BCUT2D eigenvalue weighted by molar-refractivity contribution is 0.469. The first-order chi connectivity index (χ1) is 4.68. The van der Waals surface area contributed by atoms with Crippen LogP contribution in [0.4, 0.5) is 0 Å². The molecule has 0 aliphatic rings. The van der Waals surface area contributed by atoms with Gasteiger partial charge in [0.25, 0.3) is 0 Å². The van der Waals surface area contributed by atoms with E-state index in [0.717, 1.165) is 32.2 Å². The minimum Gasteiger partial charge on any atom is -0.330 e. The molecule has 0 saturated carbocycles. The number of rotatable bonds is 5. The molecule has 58 valence electrons. The van der Waals surface area contributed by atoms with Crippen LogP contribution in [0, 0.1) is 0 Å². The van der Waals surface area contributed by atoms with E-state index < -0.39 is 0 Å². The first-order valence-corrected chi connectivity index (χ1v) is 4.17. The van der Waals surface area contributed by atoms with Crippen molar-refractivity contribution in [2.75, 3.05) is 6.54 Å². The minimum absolute atomic E-state index is 0.0549. The molecule has 0 fully saturated rings. The van der Waals surface area contributed by atoms with Crippen LogP contribution in [0.15, 0.2) is 0 Å². The van der Waals surface area contributed by atoms with E-state index in [0.29, 0.717) is 0 Å². The van der Waals surface area contributed by atoms with Crippen molar-refractivity contribution in [3.8, 4) is 0 Å². The van der Waals surface area contributed by atoms with Gasteiger partial charge in [-0.3, -0.25) is 0 Å². The van der Waals surface area contributed by atoms with Crippen molar-refractivity contribution in [1.82, 2.24) is 0 Å². The Morgan fingerprint density at radius 2 is 1.80 bits per heavy atom. The molecule has 2 radical (unpaired) electrons. The molecule has 1 nitrogen and oxygen atoms in total. The lowest BCUT2D eigenvalue weighted by Crippen LogP contribution is -2.12. The summed E-state index contributed by atoms with van der Waals surface area (Å²) in [6.45, 7) is 5.04. The molecule has 0 rings (SSSR count). The Kier molecular flexibility index (Phi) is 4.79. The molecule has 0 bridgehead atoms. The Bertz CT molecular complexity index is 79.3. The van der Waals surface area contributed by atoms with Gasteiger partial charge in [0.05, 0.1) is 7.85 Å². The summed E-state index contributed by atoms with van der Waals surface area (Å²) in [6, 6.07) is 0. The summed E-state index contributed by atoms with van der Waals surface area (Å²) in [5, 5.41) is 0.0549. The van der Waals surface area contributed by atoms with Crippen molar-refractivity contribution in [1.29, 1.82) is 0 Å². The number of nitrogens with two attached hydrogens (primary N) is 1. The third-order valence-electron chi connectivity index (χ3n) is 2.29. The normalized spacial score (nSPS) is 11.9. The maximum atomic E-state index is 6.03. The molecule has 2 N–H and O–H groups in total. The topological polar surface area (TPSA) is 26.0 Å². The van der Waals surface area contributed by atoms with E-state index in [1.807, 2.05) is 0 Å². The van der Waals surface area contributed by atoms with Crippen LogP contribution >= 0.6 is 0 Å². The predicted molar refractivity (Wildman–Crippen MR) is 47.3 cm³/mol. The Balaban J connectivity index is 3.58. The molecule has 0 aromatic rings. The molecule has 0 aliphatic heterocycles. The molecule has 0 unspecified atom stereocenters. The van der Waals surface area contributed by atoms with Gasteiger partial charge in [-0.2, -0.15) is 0 Å². The molecular weight excluding hydrogens is 121 g/mol. The molecule has 0 aromatic carbocycles. The first kappa shape index (κ1) is 10.0. The van der Waals surface area contributed by atoms with E-state index in [9.17, 15) is 0 Å². The van der Waals surface area contributed by atoms with Gasteiger partial charge >= 0.3 is 0 Å². The number of hydrogen-bond donors (Lipinski definition) is 1. The highest BCUT2D eigenvalue weighted by atomic mass is 14.5. The lowest BCUT2D eigenvalue weighted by atomic mass is 9.62. The summed E-state index contributed by atoms with van der Waals surface area (Å²) in [5.74, 6) is 0. The third kappa shape index (κ3) is 3.26. The zero-order valence-corrected chi connectivity index (χ0v) is 7.19. The van der Waals surface area contributed by atoms with E-state index in [4.69, 9.17) is 13.6 Å². The summed E-state index contributed by atoms with van der Waals surface area (Å²) >= 11 is 0. The Hall–Kier alpha value is 0.0249. The van der Waals surface area contributed by atoms with Crippen LogP contribution in [0.2, 0.25) is 5.31 Å². The molecule has 0 spiro atoms. The highest BCUT2D eigenvalue weighted by molar-refractivity contribution is 6.15. The van der Waals surface area contributed by atoms with Crippen molar-refractivity contribution in [3.05, 3.63) is 0 Å². The van der Waals surface area contributed by atoms with Crippen LogP contribution in [-0.4, -0.2) is 14.4 Å². The van der Waals surface area contributed by atoms with Crippen molar-refractivity contribution < 1.29 is 0 Å². The Morgan fingerprint density at radius 1 is 1.30 bits per heavy atom. The van der Waals surface area contributed by atoms with E-state index in [2.05, 4.69) is 13.8 Å². The van der Waals surface area contributed by atoms with Crippen molar-refractivity contribution in [2.45, 2.75) is 44.8 Å². The molecule has 0 heterocycles.